The molecule has 0 spiro atoms. The zero-order chi connectivity index (χ0) is 17.8. The molecular weight excluding hydrogens is 314 g/mol. The van der Waals surface area contributed by atoms with E-state index in [1.807, 2.05) is 14.0 Å². The minimum absolute atomic E-state index is 0.00665. The topological polar surface area (TPSA) is 62.6 Å². The predicted octanol–water partition coefficient (Wildman–Crippen LogP) is 0.536. The number of carbonyl (C=O) groups excluding carboxylic acids is 2. The van der Waals surface area contributed by atoms with Crippen molar-refractivity contribution in [3.8, 4) is 0 Å². The number of aryl methyl sites for hydroxylation is 2. The Balaban J connectivity index is 1.47. The fourth-order valence-corrected chi connectivity index (χ4v) is 3.52. The highest BCUT2D eigenvalue weighted by Gasteiger charge is 2.25. The van der Waals surface area contributed by atoms with Crippen LogP contribution in [0.3, 0.4) is 0 Å². The van der Waals surface area contributed by atoms with Crippen LogP contribution in [-0.4, -0.2) is 38.0 Å². The second-order valence-corrected chi connectivity index (χ2v) is 7.68. The highest BCUT2D eigenvalue weighted by molar-refractivity contribution is 5.79. The van der Waals surface area contributed by atoms with Crippen LogP contribution in [0.15, 0.2) is 18.2 Å². The summed E-state index contributed by atoms with van der Waals surface area (Å²) in [6.07, 6.45) is 7.03. The number of amides is 2. The van der Waals surface area contributed by atoms with E-state index in [1.54, 1.807) is 0 Å². The predicted molar refractivity (Wildman–Crippen MR) is 97.4 cm³/mol. The molecule has 1 fully saturated rings. The highest BCUT2D eigenvalue weighted by Crippen LogP contribution is 2.24. The van der Waals surface area contributed by atoms with E-state index in [0.717, 1.165) is 29.7 Å². The summed E-state index contributed by atoms with van der Waals surface area (Å²) in [5, 5.41) is 6.03. The van der Waals surface area contributed by atoms with Crippen LogP contribution < -0.4 is 15.5 Å². The quantitative estimate of drug-likeness (QED) is 0.676. The van der Waals surface area contributed by atoms with E-state index in [-0.39, 0.29) is 17.9 Å². The Morgan fingerprint density at radius 1 is 1.12 bits per heavy atom. The molecule has 2 atom stereocenters. The average Bonchev–Trinajstić information content (AvgIpc) is 3.37. The van der Waals surface area contributed by atoms with Gasteiger partial charge >= 0.3 is 0 Å². The molecule has 3 rings (SSSR count). The molecule has 1 saturated carbocycles. The lowest BCUT2D eigenvalue weighted by atomic mass is 9.89. The van der Waals surface area contributed by atoms with Gasteiger partial charge in [0.25, 0.3) is 11.8 Å². The Morgan fingerprint density at radius 3 is 2.52 bits per heavy atom. The van der Waals surface area contributed by atoms with Crippen LogP contribution >= 0.6 is 0 Å². The fourth-order valence-electron chi connectivity index (χ4n) is 3.52. The molecule has 136 valence electrons. The Labute approximate surface area is 150 Å². The van der Waals surface area contributed by atoms with E-state index >= 15 is 0 Å². The van der Waals surface area contributed by atoms with Crippen molar-refractivity contribution in [1.29, 1.82) is 0 Å². The molecule has 25 heavy (non-hydrogen) atoms. The molecule has 2 aliphatic rings. The number of likely N-dealkylation sites (N-methyl/N-ethyl adjacent to an activating group) is 1. The van der Waals surface area contributed by atoms with E-state index in [9.17, 15) is 9.59 Å². The molecule has 2 amide bonds. The van der Waals surface area contributed by atoms with E-state index in [0.29, 0.717) is 19.1 Å². The lowest BCUT2D eigenvalue weighted by Crippen LogP contribution is -3.11. The molecule has 1 aromatic carbocycles. The molecular formula is C20H30N3O2+. The third-order valence-electron chi connectivity index (χ3n) is 5.12. The molecule has 1 aromatic rings. The molecule has 2 aliphatic carbocycles. The SMILES string of the molecule is C[C@@H](NC(=O)C[NH+](C)CC(=O)NC1CC1)c1ccc2c(c1)CCCC2. The number of fused-ring (bicyclic) bond motifs is 1. The maximum atomic E-state index is 12.3. The van der Waals surface area contributed by atoms with Gasteiger partial charge in [0.05, 0.1) is 13.1 Å². The Morgan fingerprint density at radius 2 is 1.80 bits per heavy atom. The van der Waals surface area contributed by atoms with Gasteiger partial charge in [-0.25, -0.2) is 0 Å². The number of carbonyl (C=O) groups is 2. The zero-order valence-electron chi connectivity index (χ0n) is 15.4. The van der Waals surface area contributed by atoms with Crippen molar-refractivity contribution in [2.45, 2.75) is 57.5 Å². The summed E-state index contributed by atoms with van der Waals surface area (Å²) in [5.74, 6) is 0.0254. The van der Waals surface area contributed by atoms with Crippen molar-refractivity contribution in [3.63, 3.8) is 0 Å². The van der Waals surface area contributed by atoms with Crippen LogP contribution in [0.1, 0.15) is 55.3 Å². The second-order valence-electron chi connectivity index (χ2n) is 7.68. The van der Waals surface area contributed by atoms with Crippen LogP contribution in [-0.2, 0) is 22.4 Å². The van der Waals surface area contributed by atoms with Crippen molar-refractivity contribution in [1.82, 2.24) is 10.6 Å². The van der Waals surface area contributed by atoms with Crippen molar-refractivity contribution >= 4 is 11.8 Å². The van der Waals surface area contributed by atoms with Gasteiger partial charge in [0.15, 0.2) is 13.1 Å². The molecule has 0 bridgehead atoms. The molecule has 5 heteroatoms. The first kappa shape index (κ1) is 17.9. The van der Waals surface area contributed by atoms with Crippen LogP contribution in [0.2, 0.25) is 0 Å². The Hall–Kier alpha value is -1.88. The highest BCUT2D eigenvalue weighted by atomic mass is 16.2. The maximum absolute atomic E-state index is 12.3. The number of quaternary nitrogens is 1. The number of hydrogen-bond donors (Lipinski definition) is 3. The second kappa shape index (κ2) is 8.00. The molecule has 0 aromatic heterocycles. The van der Waals surface area contributed by atoms with Gasteiger partial charge in [0.1, 0.15) is 0 Å². The van der Waals surface area contributed by atoms with E-state index in [1.165, 1.54) is 30.4 Å². The van der Waals surface area contributed by atoms with Gasteiger partial charge in [-0.1, -0.05) is 18.2 Å². The monoisotopic (exact) mass is 344 g/mol. The van der Waals surface area contributed by atoms with Crippen LogP contribution in [0.25, 0.3) is 0 Å². The van der Waals surface area contributed by atoms with E-state index in [4.69, 9.17) is 0 Å². The molecule has 3 N–H and O–H groups in total. The van der Waals surface area contributed by atoms with Gasteiger partial charge in [0.2, 0.25) is 0 Å². The summed E-state index contributed by atoms with van der Waals surface area (Å²) in [6, 6.07) is 6.96. The first-order valence-corrected chi connectivity index (χ1v) is 9.53. The summed E-state index contributed by atoms with van der Waals surface area (Å²) in [5.41, 5.74) is 4.06. The summed E-state index contributed by atoms with van der Waals surface area (Å²) in [4.78, 5) is 25.0. The summed E-state index contributed by atoms with van der Waals surface area (Å²) in [7, 11) is 1.88. The summed E-state index contributed by atoms with van der Waals surface area (Å²) < 4.78 is 0. The smallest absolute Gasteiger partial charge is 0.275 e. The minimum Gasteiger partial charge on any atom is -0.348 e. The minimum atomic E-state index is -0.0121. The lowest BCUT2D eigenvalue weighted by molar-refractivity contribution is -0.862. The first-order valence-electron chi connectivity index (χ1n) is 9.53. The van der Waals surface area contributed by atoms with Gasteiger partial charge in [-0.2, -0.15) is 0 Å². The molecule has 0 radical (unpaired) electrons. The maximum Gasteiger partial charge on any atom is 0.275 e. The molecule has 5 nitrogen and oxygen atoms in total. The largest absolute Gasteiger partial charge is 0.348 e. The Kier molecular flexibility index (Phi) is 5.74. The number of nitrogens with one attached hydrogen (secondary N) is 3. The third kappa shape index (κ3) is 5.30. The third-order valence-corrected chi connectivity index (χ3v) is 5.12. The van der Waals surface area contributed by atoms with Crippen LogP contribution in [0, 0.1) is 0 Å². The number of hydrogen-bond acceptors (Lipinski definition) is 2. The molecule has 0 saturated heterocycles. The van der Waals surface area contributed by atoms with Crippen molar-refractivity contribution in [2.24, 2.45) is 0 Å². The normalized spacial score (nSPS) is 18.8. The standard InChI is InChI=1S/C20H29N3O2/c1-14(16-8-7-15-5-3-4-6-17(15)11-16)21-19(24)12-23(2)13-20(25)22-18-9-10-18/h7-8,11,14,18H,3-6,9-10,12-13H2,1-2H3,(H,21,24)(H,22,25)/p+1/t14-/m1/s1. The molecule has 1 unspecified atom stereocenters. The van der Waals surface area contributed by atoms with Gasteiger partial charge in [-0.05, 0) is 62.1 Å². The summed E-state index contributed by atoms with van der Waals surface area (Å²) in [6.45, 7) is 2.68. The molecule has 0 aliphatic heterocycles. The van der Waals surface area contributed by atoms with Crippen molar-refractivity contribution in [2.75, 3.05) is 20.1 Å². The van der Waals surface area contributed by atoms with E-state index in [2.05, 4.69) is 28.8 Å². The average molecular weight is 344 g/mol. The van der Waals surface area contributed by atoms with Crippen LogP contribution in [0.4, 0.5) is 0 Å². The van der Waals surface area contributed by atoms with Gasteiger partial charge in [0, 0.05) is 6.04 Å². The van der Waals surface area contributed by atoms with Gasteiger partial charge in [-0.15, -0.1) is 0 Å². The van der Waals surface area contributed by atoms with Gasteiger partial charge < -0.3 is 15.5 Å². The Bertz CT molecular complexity index is 640. The van der Waals surface area contributed by atoms with Crippen molar-refractivity contribution in [3.05, 3.63) is 34.9 Å². The number of benzene rings is 1. The van der Waals surface area contributed by atoms with Crippen molar-refractivity contribution < 1.29 is 14.5 Å². The molecule has 0 heterocycles. The lowest BCUT2D eigenvalue weighted by Gasteiger charge is -2.20. The van der Waals surface area contributed by atoms with E-state index < -0.39 is 0 Å². The first-order chi connectivity index (χ1) is 12.0. The fraction of sp³-hybridized carbons (Fsp3) is 0.600. The zero-order valence-corrected chi connectivity index (χ0v) is 15.4. The van der Waals surface area contributed by atoms with Gasteiger partial charge in [-0.3, -0.25) is 9.59 Å². The summed E-state index contributed by atoms with van der Waals surface area (Å²) >= 11 is 0. The van der Waals surface area contributed by atoms with Crippen LogP contribution in [0.5, 0.6) is 0 Å². The number of rotatable bonds is 7.